The van der Waals surface area contributed by atoms with E-state index in [0.29, 0.717) is 29.3 Å². The first-order chi connectivity index (χ1) is 12.0. The lowest BCUT2D eigenvalue weighted by Gasteiger charge is -2.11. The maximum atomic E-state index is 12.3. The van der Waals surface area contributed by atoms with Crippen molar-refractivity contribution in [2.24, 2.45) is 5.92 Å². The fourth-order valence-electron chi connectivity index (χ4n) is 2.51. The minimum Gasteiger partial charge on any atom is -0.454 e. The van der Waals surface area contributed by atoms with Crippen LogP contribution in [-0.2, 0) is 22.6 Å². The van der Waals surface area contributed by atoms with Crippen LogP contribution in [0.15, 0.2) is 38.0 Å². The lowest BCUT2D eigenvalue weighted by molar-refractivity contribution is -0.149. The summed E-state index contributed by atoms with van der Waals surface area (Å²) in [5.41, 5.74) is 0.955. The topological polar surface area (TPSA) is 100 Å². The molecule has 0 spiro atoms. The molecule has 0 aliphatic rings. The third kappa shape index (κ3) is 3.62. The van der Waals surface area contributed by atoms with Gasteiger partial charge < -0.3 is 13.7 Å². The maximum Gasteiger partial charge on any atom is 0.420 e. The molecule has 0 aliphatic heterocycles. The number of ether oxygens (including phenoxy) is 1. The van der Waals surface area contributed by atoms with Crippen LogP contribution in [0.1, 0.15) is 38.5 Å². The zero-order valence-electron chi connectivity index (χ0n) is 14.3. The number of benzene rings is 1. The van der Waals surface area contributed by atoms with Gasteiger partial charge in [-0.15, -0.1) is 0 Å². The Hall–Kier alpha value is -2.90. The van der Waals surface area contributed by atoms with Crippen molar-refractivity contribution in [2.75, 3.05) is 0 Å². The molecule has 8 heteroatoms. The number of carbonyl (C=O) groups is 1. The number of carbonyl (C=O) groups excluding carboxylic acids is 1. The van der Waals surface area contributed by atoms with Crippen LogP contribution in [0.25, 0.3) is 11.1 Å². The Labute approximate surface area is 143 Å². The van der Waals surface area contributed by atoms with Crippen LogP contribution >= 0.6 is 0 Å². The summed E-state index contributed by atoms with van der Waals surface area (Å²) in [6.07, 6.45) is 0.685. The van der Waals surface area contributed by atoms with Crippen molar-refractivity contribution < 1.29 is 18.5 Å². The largest absolute Gasteiger partial charge is 0.454 e. The van der Waals surface area contributed by atoms with Crippen molar-refractivity contribution in [1.29, 1.82) is 0 Å². The number of hydrogen-bond donors (Lipinski definition) is 0. The molecule has 8 nitrogen and oxygen atoms in total. The molecule has 132 valence electrons. The number of oxazole rings is 1. The second kappa shape index (κ2) is 6.92. The highest BCUT2D eigenvalue weighted by atomic mass is 16.6. The lowest BCUT2D eigenvalue weighted by atomic mass is 10.1. The van der Waals surface area contributed by atoms with Crippen LogP contribution in [0.5, 0.6) is 0 Å². The Kier molecular flexibility index (Phi) is 4.69. The minimum absolute atomic E-state index is 0.140. The van der Waals surface area contributed by atoms with Gasteiger partial charge in [0, 0.05) is 6.42 Å². The molecule has 0 bridgehead atoms. The van der Waals surface area contributed by atoms with E-state index in [1.54, 1.807) is 31.2 Å². The number of rotatable bonds is 6. The molecule has 2 aromatic heterocycles. The van der Waals surface area contributed by atoms with Gasteiger partial charge in [-0.3, -0.25) is 4.57 Å². The summed E-state index contributed by atoms with van der Waals surface area (Å²) in [5, 5.41) is 3.84. The van der Waals surface area contributed by atoms with Gasteiger partial charge in [-0.05, 0) is 25.0 Å². The molecule has 0 aliphatic carbocycles. The molecule has 0 fully saturated rings. The van der Waals surface area contributed by atoms with Crippen molar-refractivity contribution >= 4 is 17.1 Å². The number of esters is 1. The SMILES string of the molecule is CC(C)Cc1noc(COC(=O)C(C)n2c(=O)oc3ccccc32)n1. The van der Waals surface area contributed by atoms with Crippen molar-refractivity contribution in [2.45, 2.75) is 39.8 Å². The molecule has 25 heavy (non-hydrogen) atoms. The normalized spacial score (nSPS) is 12.6. The summed E-state index contributed by atoms with van der Waals surface area (Å²) in [4.78, 5) is 28.5. The van der Waals surface area contributed by atoms with Gasteiger partial charge in [0.25, 0.3) is 5.89 Å². The molecule has 1 unspecified atom stereocenters. The molecule has 0 N–H and O–H groups in total. The quantitative estimate of drug-likeness (QED) is 0.633. The van der Waals surface area contributed by atoms with Gasteiger partial charge in [0.1, 0.15) is 6.04 Å². The van der Waals surface area contributed by atoms with E-state index in [1.807, 2.05) is 13.8 Å². The van der Waals surface area contributed by atoms with Gasteiger partial charge in [0.15, 0.2) is 18.0 Å². The van der Waals surface area contributed by atoms with Crippen molar-refractivity contribution in [3.05, 3.63) is 46.5 Å². The average molecular weight is 345 g/mol. The van der Waals surface area contributed by atoms with Gasteiger partial charge in [-0.2, -0.15) is 4.98 Å². The molecule has 1 aromatic carbocycles. The molecular weight excluding hydrogens is 326 g/mol. The summed E-state index contributed by atoms with van der Waals surface area (Å²) >= 11 is 0. The smallest absolute Gasteiger partial charge is 0.420 e. The van der Waals surface area contributed by atoms with Crippen LogP contribution < -0.4 is 5.76 Å². The van der Waals surface area contributed by atoms with E-state index < -0.39 is 17.8 Å². The van der Waals surface area contributed by atoms with E-state index in [1.165, 1.54) is 4.57 Å². The van der Waals surface area contributed by atoms with E-state index in [0.717, 1.165) is 0 Å². The lowest BCUT2D eigenvalue weighted by Crippen LogP contribution is -2.26. The molecule has 3 rings (SSSR count). The Balaban J connectivity index is 1.69. The van der Waals surface area contributed by atoms with Crippen LogP contribution in [-0.4, -0.2) is 20.7 Å². The third-order valence-electron chi connectivity index (χ3n) is 3.69. The average Bonchev–Trinajstić information content (AvgIpc) is 3.14. The fraction of sp³-hybridized carbons (Fsp3) is 0.412. The Morgan fingerprint density at radius 1 is 1.28 bits per heavy atom. The third-order valence-corrected chi connectivity index (χ3v) is 3.69. The van der Waals surface area contributed by atoms with Crippen molar-refractivity contribution in [3.63, 3.8) is 0 Å². The second-order valence-electron chi connectivity index (χ2n) is 6.19. The van der Waals surface area contributed by atoms with Crippen LogP contribution in [0.2, 0.25) is 0 Å². The molecule has 0 saturated carbocycles. The first-order valence-corrected chi connectivity index (χ1v) is 8.04. The molecule has 2 heterocycles. The van der Waals surface area contributed by atoms with E-state index in [9.17, 15) is 9.59 Å². The molecule has 0 radical (unpaired) electrons. The van der Waals surface area contributed by atoms with Gasteiger partial charge in [-0.25, -0.2) is 9.59 Å². The Morgan fingerprint density at radius 2 is 2.04 bits per heavy atom. The molecular formula is C17H19N3O5. The number of hydrogen-bond acceptors (Lipinski definition) is 7. The highest BCUT2D eigenvalue weighted by Gasteiger charge is 2.23. The Bertz CT molecular complexity index is 937. The predicted octanol–water partition coefficient (Wildman–Crippen LogP) is 2.48. The fourth-order valence-corrected chi connectivity index (χ4v) is 2.51. The molecule has 1 atom stereocenters. The van der Waals surface area contributed by atoms with Crippen molar-refractivity contribution in [1.82, 2.24) is 14.7 Å². The summed E-state index contributed by atoms with van der Waals surface area (Å²) in [6, 6.07) is 6.05. The summed E-state index contributed by atoms with van der Waals surface area (Å²) in [6.45, 7) is 5.53. The standard InChI is InChI=1S/C17H19N3O5/c1-10(2)8-14-18-15(25-19-14)9-23-16(21)11(3)20-12-6-4-5-7-13(12)24-17(20)22/h4-7,10-11H,8-9H2,1-3H3. The number of nitrogens with zero attached hydrogens (tertiary/aromatic N) is 3. The van der Waals surface area contributed by atoms with Gasteiger partial charge in [-0.1, -0.05) is 31.1 Å². The van der Waals surface area contributed by atoms with Crippen LogP contribution in [0.3, 0.4) is 0 Å². The predicted molar refractivity (Wildman–Crippen MR) is 87.8 cm³/mol. The molecule has 0 amide bonds. The van der Waals surface area contributed by atoms with Gasteiger partial charge >= 0.3 is 11.7 Å². The van der Waals surface area contributed by atoms with E-state index in [4.69, 9.17) is 13.7 Å². The maximum absolute atomic E-state index is 12.3. The number of fused-ring (bicyclic) bond motifs is 1. The first-order valence-electron chi connectivity index (χ1n) is 8.04. The van der Waals surface area contributed by atoms with Gasteiger partial charge in [0.05, 0.1) is 5.52 Å². The second-order valence-corrected chi connectivity index (χ2v) is 6.19. The number of para-hydroxylation sites is 2. The number of aromatic nitrogens is 3. The highest BCUT2D eigenvalue weighted by molar-refractivity contribution is 5.79. The van der Waals surface area contributed by atoms with E-state index >= 15 is 0 Å². The van der Waals surface area contributed by atoms with Crippen LogP contribution in [0, 0.1) is 5.92 Å². The summed E-state index contributed by atoms with van der Waals surface area (Å²) < 4.78 is 16.6. The van der Waals surface area contributed by atoms with Crippen molar-refractivity contribution in [3.8, 4) is 0 Å². The summed E-state index contributed by atoms with van der Waals surface area (Å²) in [7, 11) is 0. The van der Waals surface area contributed by atoms with Crippen LogP contribution in [0.4, 0.5) is 0 Å². The molecule has 3 aromatic rings. The van der Waals surface area contributed by atoms with E-state index in [2.05, 4.69) is 10.1 Å². The van der Waals surface area contributed by atoms with E-state index in [-0.39, 0.29) is 12.5 Å². The minimum atomic E-state index is -0.839. The zero-order valence-corrected chi connectivity index (χ0v) is 14.3. The monoisotopic (exact) mass is 345 g/mol. The zero-order chi connectivity index (χ0) is 18.0. The molecule has 0 saturated heterocycles. The Morgan fingerprint density at radius 3 is 2.80 bits per heavy atom. The highest BCUT2D eigenvalue weighted by Crippen LogP contribution is 2.18. The summed E-state index contributed by atoms with van der Waals surface area (Å²) in [5.74, 6) is 0.000867. The first kappa shape index (κ1) is 16.9. The van der Waals surface area contributed by atoms with Gasteiger partial charge in [0.2, 0.25) is 0 Å².